The Hall–Kier alpha value is -2.52. The number of allylic oxidation sites excluding steroid dienone is 1. The molecule has 11 rings (SSSR count). The van der Waals surface area contributed by atoms with Crippen LogP contribution >= 0.6 is 0 Å². The number of carbonyl (C=O) groups excluding carboxylic acids is 1. The van der Waals surface area contributed by atoms with Gasteiger partial charge in [0.25, 0.3) is 0 Å². The summed E-state index contributed by atoms with van der Waals surface area (Å²) < 4.78 is 69.8. The summed E-state index contributed by atoms with van der Waals surface area (Å²) in [5.74, 6) is -3.78. The van der Waals surface area contributed by atoms with E-state index in [9.17, 15) is 107 Å². The van der Waals surface area contributed by atoms with Crippen molar-refractivity contribution in [1.29, 1.82) is 0 Å². The largest absolute Gasteiger partial charge is 0.481 e. The Morgan fingerprint density at radius 3 is 1.73 bits per heavy atom. The molecule has 0 bridgehead atoms. The number of carboxylic acid groups (broad SMARTS) is 1. The minimum absolute atomic E-state index is 0.00193. The molecule has 10 fully saturated rings. The third-order valence-corrected chi connectivity index (χ3v) is 25.0. The molecule has 0 spiro atoms. The molecule has 562 valence electrons. The van der Waals surface area contributed by atoms with Crippen LogP contribution in [0.5, 0.6) is 0 Å². The van der Waals surface area contributed by atoms with E-state index in [-0.39, 0.29) is 50.0 Å². The summed E-state index contributed by atoms with van der Waals surface area (Å²) in [4.78, 5) is 29.4. The molecule has 34 heteroatoms. The average molecular weight is 1420 g/mol. The van der Waals surface area contributed by atoms with E-state index in [4.69, 9.17) is 56.8 Å². The number of aliphatic hydroxyl groups excluding tert-OH is 18. The van der Waals surface area contributed by atoms with Crippen LogP contribution in [-0.4, -0.2) is 338 Å². The lowest BCUT2D eigenvalue weighted by molar-refractivity contribution is -0.376. The zero-order chi connectivity index (χ0) is 71.6. The fraction of sp³-hybridized carbons (Fsp3) is 0.938. The molecule has 0 aromatic carbocycles. The molecule has 20 N–H and O–H groups in total. The van der Waals surface area contributed by atoms with E-state index in [1.165, 1.54) is 13.8 Å². The second kappa shape index (κ2) is 28.4. The van der Waals surface area contributed by atoms with Crippen molar-refractivity contribution < 1.29 is 169 Å². The van der Waals surface area contributed by atoms with Gasteiger partial charge in [-0.05, 0) is 106 Å². The predicted molar refractivity (Wildman–Crippen MR) is 319 cm³/mol. The molecule has 0 aromatic heterocycles. The van der Waals surface area contributed by atoms with Gasteiger partial charge in [-0.1, -0.05) is 39.3 Å². The summed E-state index contributed by atoms with van der Waals surface area (Å²) in [5.41, 5.74) is -7.77. The van der Waals surface area contributed by atoms with Crippen molar-refractivity contribution in [1.82, 2.24) is 0 Å². The van der Waals surface area contributed by atoms with Crippen molar-refractivity contribution in [3.05, 3.63) is 11.6 Å². The molecule has 5 aliphatic carbocycles. The number of hydrogen-bond acceptors (Lipinski definition) is 33. The van der Waals surface area contributed by atoms with Gasteiger partial charge in [0.1, 0.15) is 122 Å². The highest BCUT2D eigenvalue weighted by Crippen LogP contribution is 2.76. The minimum atomic E-state index is -2.25. The smallest absolute Gasteiger partial charge is 0.315 e. The van der Waals surface area contributed by atoms with Crippen molar-refractivity contribution in [2.75, 3.05) is 46.2 Å². The molecular weight excluding hydrogens is 1310 g/mol. The van der Waals surface area contributed by atoms with E-state index < -0.39 is 268 Å². The second-order valence-corrected chi connectivity index (χ2v) is 31.0. The maximum absolute atomic E-state index is 15.6. The Kier molecular flexibility index (Phi) is 22.2. The predicted octanol–water partition coefficient (Wildman–Crippen LogP) is -7.07. The monoisotopic (exact) mass is 1410 g/mol. The molecule has 11 aliphatic rings. The molecular formula is C64H102O34. The SMILES string of the molecule is C[C@@H]1O[C@@H](O[C@H]2[C@H](OC(=O)[C@]34CCC(C)(C)C[C@H]3C3=CC[C@@H]5[C@@]6(C)C[C@H](O)[C@H](O[C@@H]7O[C@H](CO)[C@@H](O)[C@H](O)[C@H]7O)[C@@](C)(C(=O)O)[C@@H]6CC[C@@]5(C)[C@]3(CO)CC4)O[C@H](CO)[C@@H](O)[C@@H]2O)[C@H](O)[C@H](O)[C@H]1O[C@@H]1OC[C@@H](O[C@@H]2OC[C@](O)(CO[C@@H]3O[C@H](CO)[C@H](O)[C@H](O)[C@H]3O)[C@H]2O)[C@H](O)[C@H]1O. The molecule has 6 aliphatic heterocycles. The van der Waals surface area contributed by atoms with Gasteiger partial charge in [-0.2, -0.15) is 0 Å². The van der Waals surface area contributed by atoms with Crippen molar-refractivity contribution in [2.24, 2.45) is 50.2 Å². The summed E-state index contributed by atoms with van der Waals surface area (Å²) in [5, 5.41) is 219. The first-order valence-electron chi connectivity index (χ1n) is 33.9. The topological polar surface area (TPSA) is 550 Å². The summed E-state index contributed by atoms with van der Waals surface area (Å²) in [7, 11) is 0. The molecule has 0 amide bonds. The van der Waals surface area contributed by atoms with Crippen LogP contribution in [0.15, 0.2) is 11.6 Å². The Labute approximate surface area is 564 Å². The van der Waals surface area contributed by atoms with Gasteiger partial charge in [0.05, 0.1) is 69.3 Å². The lowest BCUT2D eigenvalue weighted by Gasteiger charge is -2.71. The number of fused-ring (bicyclic) bond motifs is 7. The fourth-order valence-electron chi connectivity index (χ4n) is 19.0. The van der Waals surface area contributed by atoms with E-state index in [1.807, 2.05) is 13.0 Å². The number of aliphatic carboxylic acids is 1. The number of carboxylic acids is 1. The van der Waals surface area contributed by atoms with Crippen LogP contribution in [-0.2, 0) is 66.4 Å². The van der Waals surface area contributed by atoms with Crippen molar-refractivity contribution in [3.63, 3.8) is 0 Å². The number of carbonyl (C=O) groups is 2. The van der Waals surface area contributed by atoms with Gasteiger partial charge in [0.2, 0.25) is 6.29 Å². The number of ether oxygens (including phenoxy) is 12. The number of esters is 1. The van der Waals surface area contributed by atoms with Crippen molar-refractivity contribution in [2.45, 2.75) is 277 Å². The summed E-state index contributed by atoms with van der Waals surface area (Å²) in [6.45, 7) is 6.21. The number of aliphatic hydroxyl groups is 19. The van der Waals surface area contributed by atoms with Gasteiger partial charge in [-0.3, -0.25) is 9.59 Å². The highest BCUT2D eigenvalue weighted by molar-refractivity contribution is 5.79. The molecule has 37 atom stereocenters. The fourth-order valence-corrected chi connectivity index (χ4v) is 19.0. The highest BCUT2D eigenvalue weighted by atomic mass is 16.8. The van der Waals surface area contributed by atoms with Crippen LogP contribution in [0.3, 0.4) is 0 Å². The first-order chi connectivity index (χ1) is 46.0. The van der Waals surface area contributed by atoms with Crippen molar-refractivity contribution >= 4 is 11.9 Å². The molecule has 6 heterocycles. The third-order valence-electron chi connectivity index (χ3n) is 25.0. The minimum Gasteiger partial charge on any atom is -0.481 e. The van der Waals surface area contributed by atoms with Gasteiger partial charge in [0.15, 0.2) is 37.6 Å². The van der Waals surface area contributed by atoms with Crippen molar-refractivity contribution in [3.8, 4) is 0 Å². The quantitative estimate of drug-likeness (QED) is 0.0344. The number of hydrogen-bond donors (Lipinski definition) is 20. The van der Waals surface area contributed by atoms with Crippen LogP contribution in [0, 0.1) is 50.2 Å². The second-order valence-electron chi connectivity index (χ2n) is 31.0. The van der Waals surface area contributed by atoms with Gasteiger partial charge in [0, 0.05) is 5.41 Å². The maximum Gasteiger partial charge on any atom is 0.315 e. The molecule has 98 heavy (non-hydrogen) atoms. The van der Waals surface area contributed by atoms with E-state index >= 15 is 4.79 Å². The lowest BCUT2D eigenvalue weighted by atomic mass is 9.33. The van der Waals surface area contributed by atoms with E-state index in [0.717, 1.165) is 5.57 Å². The zero-order valence-electron chi connectivity index (χ0n) is 55.4. The standard InChI is InChI=1S/C64H102O34/c1-24-46(95-50-42(78)37(73)31(20-87-50)94-55-48(82)64(86,23-89-55)22-88-51-43(79)38(74)34(70)28(17-65)91-51)41(77)45(81)52(90-24)96-47-40(76)36(72)30(19-67)93-54(47)98-57(85)62-12-11-58(2,3)15-26(62)25-7-8-32-59(4)16-27(69)49(97-53-44(80)39(75)35(71)29(18-66)92-53)61(6,56(83)84)33(59)9-10-60(32,5)63(25,21-68)14-13-62/h7,24,26-55,65-82,86H,8-23H2,1-6H3,(H,83,84)/t24-,26-,27-,28+,29+,30+,31+,32+,33+,34-,35+,36+,37-,38-,39-,40-,41-,42+,43+,44+,45+,46-,47+,48-,49-,50-,51+,52-,53-,54-,55-,59+,60+,61-,62-,63-,64+/m0/s1. The summed E-state index contributed by atoms with van der Waals surface area (Å²) in [6, 6.07) is 0. The molecule has 0 aromatic rings. The van der Waals surface area contributed by atoms with Gasteiger partial charge < -0.3 is 159 Å². The zero-order valence-corrected chi connectivity index (χ0v) is 55.4. The molecule has 34 nitrogen and oxygen atoms in total. The van der Waals surface area contributed by atoms with Crippen LogP contribution in [0.2, 0.25) is 0 Å². The van der Waals surface area contributed by atoms with E-state index in [0.29, 0.717) is 25.7 Å². The van der Waals surface area contributed by atoms with Crippen LogP contribution in [0.1, 0.15) is 99.3 Å². The summed E-state index contributed by atoms with van der Waals surface area (Å²) in [6.07, 6.45) is -43.9. The lowest BCUT2D eigenvalue weighted by Crippen LogP contribution is -2.71. The Bertz CT molecular complexity index is 2820. The van der Waals surface area contributed by atoms with E-state index in [1.54, 1.807) is 0 Å². The van der Waals surface area contributed by atoms with E-state index in [2.05, 4.69) is 20.8 Å². The van der Waals surface area contributed by atoms with Gasteiger partial charge >= 0.3 is 11.9 Å². The third kappa shape index (κ3) is 12.6. The normalized spacial score (nSPS) is 54.1. The van der Waals surface area contributed by atoms with Crippen LogP contribution in [0.25, 0.3) is 0 Å². The highest BCUT2D eigenvalue weighted by Gasteiger charge is 2.74. The van der Waals surface area contributed by atoms with Gasteiger partial charge in [-0.15, -0.1) is 0 Å². The summed E-state index contributed by atoms with van der Waals surface area (Å²) >= 11 is 0. The Morgan fingerprint density at radius 1 is 0.561 bits per heavy atom. The maximum atomic E-state index is 15.6. The first kappa shape index (κ1) is 76.6. The molecule has 4 saturated carbocycles. The molecule has 0 radical (unpaired) electrons. The van der Waals surface area contributed by atoms with Crippen LogP contribution in [0.4, 0.5) is 0 Å². The molecule has 0 unspecified atom stereocenters. The molecule has 6 saturated heterocycles. The Balaban J connectivity index is 0.763. The Morgan fingerprint density at radius 2 is 1.11 bits per heavy atom. The number of rotatable bonds is 18. The average Bonchev–Trinajstić information content (AvgIpc) is 1.18. The van der Waals surface area contributed by atoms with Gasteiger partial charge in [-0.25, -0.2) is 0 Å². The first-order valence-corrected chi connectivity index (χ1v) is 33.9. The van der Waals surface area contributed by atoms with Crippen LogP contribution < -0.4 is 0 Å².